The number of nitrogens with one attached hydrogen (secondary N) is 1. The number of hydrogen-bond acceptors (Lipinski definition) is 8. The van der Waals surface area contributed by atoms with Crippen LogP contribution in [0, 0.1) is 4.77 Å². The Morgan fingerprint density at radius 1 is 1.26 bits per heavy atom. The van der Waals surface area contributed by atoms with E-state index >= 15 is 0 Å². The molecule has 0 aliphatic carbocycles. The second-order valence-electron chi connectivity index (χ2n) is 9.24. The molecule has 0 bridgehead atoms. The third-order valence-corrected chi connectivity index (χ3v) is 5.42. The summed E-state index contributed by atoms with van der Waals surface area (Å²) in [6.45, 7) is 9.42. The Bertz CT molecular complexity index is 1200. The second-order valence-corrected chi connectivity index (χ2v) is 9.63. The van der Waals surface area contributed by atoms with Crippen molar-refractivity contribution in [3.63, 3.8) is 0 Å². The van der Waals surface area contributed by atoms with E-state index < -0.39 is 35.2 Å². The number of imide groups is 1. The van der Waals surface area contributed by atoms with E-state index in [1.54, 1.807) is 37.6 Å². The van der Waals surface area contributed by atoms with Gasteiger partial charge < -0.3 is 23.3 Å². The normalized spacial score (nSPS) is 16.5. The van der Waals surface area contributed by atoms with Gasteiger partial charge in [-0.05, 0) is 59.3 Å². The summed E-state index contributed by atoms with van der Waals surface area (Å²) in [4.78, 5) is 53.4. The number of ether oxygens (including phenoxy) is 3. The predicted octanol–water partition coefficient (Wildman–Crippen LogP) is 2.71. The molecule has 3 rings (SSSR count). The number of esters is 1. The van der Waals surface area contributed by atoms with Crippen molar-refractivity contribution in [3.8, 4) is 0 Å². The van der Waals surface area contributed by atoms with Gasteiger partial charge in [0, 0.05) is 19.2 Å². The Balaban J connectivity index is 1.76. The van der Waals surface area contributed by atoms with Crippen molar-refractivity contribution in [1.82, 2.24) is 19.0 Å². The molecule has 1 aliphatic rings. The highest BCUT2D eigenvalue weighted by Crippen LogP contribution is 2.23. The molecule has 2 aromatic heterocycles. The Morgan fingerprint density at radius 3 is 2.62 bits per heavy atom. The molecule has 0 unspecified atom stereocenters. The van der Waals surface area contributed by atoms with E-state index in [0.717, 1.165) is 4.90 Å². The average Bonchev–Trinajstić information content (AvgIpc) is 3.31. The van der Waals surface area contributed by atoms with Gasteiger partial charge in [0.15, 0.2) is 11.5 Å². The largest absolute Gasteiger partial charge is 0.443 e. The monoisotopic (exact) mass is 494 g/mol. The van der Waals surface area contributed by atoms with E-state index in [1.807, 2.05) is 13.8 Å². The molecular formula is C22H30N4O7S. The zero-order valence-electron chi connectivity index (χ0n) is 20.0. The first-order valence-electron chi connectivity index (χ1n) is 11.0. The van der Waals surface area contributed by atoms with Gasteiger partial charge in [0.25, 0.3) is 5.56 Å². The van der Waals surface area contributed by atoms with Gasteiger partial charge >= 0.3 is 12.1 Å². The van der Waals surface area contributed by atoms with Crippen LogP contribution in [-0.4, -0.2) is 61.3 Å². The molecular weight excluding hydrogens is 464 g/mol. The number of likely N-dealkylation sites (tertiary alicyclic amines) is 1. The summed E-state index contributed by atoms with van der Waals surface area (Å²) in [6.07, 6.45) is 0.943. The Labute approximate surface area is 201 Å². The van der Waals surface area contributed by atoms with Gasteiger partial charge in [-0.3, -0.25) is 14.6 Å². The molecule has 0 aromatic carbocycles. The van der Waals surface area contributed by atoms with Crippen LogP contribution in [0.4, 0.5) is 4.79 Å². The van der Waals surface area contributed by atoms with Gasteiger partial charge in [0.1, 0.15) is 17.2 Å². The summed E-state index contributed by atoms with van der Waals surface area (Å²) in [5.41, 5.74) is -0.395. The van der Waals surface area contributed by atoms with Crippen LogP contribution in [0.1, 0.15) is 47.5 Å². The van der Waals surface area contributed by atoms with Crippen LogP contribution >= 0.6 is 12.2 Å². The molecule has 2 aromatic rings. The van der Waals surface area contributed by atoms with E-state index in [1.165, 1.54) is 4.57 Å². The molecule has 1 aliphatic heterocycles. The van der Waals surface area contributed by atoms with Crippen LogP contribution < -0.4 is 5.56 Å². The lowest BCUT2D eigenvalue weighted by molar-refractivity contribution is -0.154. The molecule has 1 saturated heterocycles. The lowest BCUT2D eigenvalue weighted by Gasteiger charge is -2.26. The summed E-state index contributed by atoms with van der Waals surface area (Å²) < 4.78 is 19.7. The van der Waals surface area contributed by atoms with Gasteiger partial charge in [-0.25, -0.2) is 14.5 Å². The fraction of sp³-hybridized carbons (Fsp3) is 0.591. The number of aromatic amines is 1. The van der Waals surface area contributed by atoms with Crippen LogP contribution in [0.25, 0.3) is 11.0 Å². The van der Waals surface area contributed by atoms with Gasteiger partial charge in [-0.1, -0.05) is 0 Å². The Hall–Kier alpha value is -2.99. The van der Waals surface area contributed by atoms with E-state index in [4.69, 9.17) is 26.4 Å². The van der Waals surface area contributed by atoms with Crippen LogP contribution in [0.3, 0.4) is 0 Å². The highest BCUT2D eigenvalue weighted by molar-refractivity contribution is 7.71. The van der Waals surface area contributed by atoms with E-state index in [-0.39, 0.29) is 36.0 Å². The standard InChI is InChI=1S/C22H30N4O7S/c1-13(2)31-11-10-25-14-8-9-24(17(14)18(28)23-20(25)34)12-32-19(29)15-6-7-16(27)26(15)21(30)33-22(3,4)5/h8-9,13,15H,6-7,10-12H2,1-5H3,(H,23,28,34)/t15-/m0/s1. The average molecular weight is 495 g/mol. The number of aromatic nitrogens is 3. The maximum absolute atomic E-state index is 12.8. The third kappa shape index (κ3) is 5.73. The molecule has 186 valence electrons. The summed E-state index contributed by atoms with van der Waals surface area (Å²) in [6, 6.07) is 0.621. The minimum Gasteiger partial charge on any atom is -0.443 e. The van der Waals surface area contributed by atoms with Crippen molar-refractivity contribution in [1.29, 1.82) is 0 Å². The second kappa shape index (κ2) is 10.1. The molecule has 11 nitrogen and oxygen atoms in total. The molecule has 0 spiro atoms. The minimum atomic E-state index is -1.08. The number of amides is 2. The lowest BCUT2D eigenvalue weighted by atomic mass is 10.2. The van der Waals surface area contributed by atoms with Crippen LogP contribution in [0.5, 0.6) is 0 Å². The number of fused-ring (bicyclic) bond motifs is 1. The van der Waals surface area contributed by atoms with Gasteiger partial charge in [-0.2, -0.15) is 0 Å². The van der Waals surface area contributed by atoms with E-state index in [9.17, 15) is 19.2 Å². The van der Waals surface area contributed by atoms with Gasteiger partial charge in [0.2, 0.25) is 5.91 Å². The first-order valence-corrected chi connectivity index (χ1v) is 11.4. The maximum atomic E-state index is 12.8. The molecule has 0 saturated carbocycles. The number of rotatable bonds is 7. The third-order valence-electron chi connectivity index (χ3n) is 5.10. The number of carbonyl (C=O) groups is 3. The van der Waals surface area contributed by atoms with Crippen molar-refractivity contribution < 1.29 is 28.6 Å². The molecule has 3 heterocycles. The van der Waals surface area contributed by atoms with Crippen LogP contribution in [-0.2, 0) is 37.1 Å². The Morgan fingerprint density at radius 2 is 1.97 bits per heavy atom. The molecule has 2 amide bonds. The van der Waals surface area contributed by atoms with Crippen molar-refractivity contribution in [2.75, 3.05) is 6.61 Å². The highest BCUT2D eigenvalue weighted by Gasteiger charge is 2.43. The quantitative estimate of drug-likeness (QED) is 0.460. The molecule has 34 heavy (non-hydrogen) atoms. The molecule has 12 heteroatoms. The zero-order chi connectivity index (χ0) is 25.2. The fourth-order valence-corrected chi connectivity index (χ4v) is 3.93. The predicted molar refractivity (Wildman–Crippen MR) is 125 cm³/mol. The zero-order valence-corrected chi connectivity index (χ0v) is 20.8. The summed E-state index contributed by atoms with van der Waals surface area (Å²) in [5.74, 6) is -1.25. The fourth-order valence-electron chi connectivity index (χ4n) is 3.64. The highest BCUT2D eigenvalue weighted by atomic mass is 32.1. The molecule has 1 atom stereocenters. The summed E-state index contributed by atoms with van der Waals surface area (Å²) in [7, 11) is 0. The van der Waals surface area contributed by atoms with Crippen molar-refractivity contribution in [2.24, 2.45) is 0 Å². The number of hydrogen-bond donors (Lipinski definition) is 1. The summed E-state index contributed by atoms with van der Waals surface area (Å²) >= 11 is 5.30. The number of nitrogens with zero attached hydrogens (tertiary/aromatic N) is 3. The topological polar surface area (TPSA) is 125 Å². The number of H-pyrrole nitrogens is 1. The van der Waals surface area contributed by atoms with Crippen LogP contribution in [0.15, 0.2) is 17.1 Å². The van der Waals surface area contributed by atoms with Crippen molar-refractivity contribution in [2.45, 2.75) is 78.5 Å². The molecule has 0 radical (unpaired) electrons. The lowest BCUT2D eigenvalue weighted by Crippen LogP contribution is -2.46. The smallest absolute Gasteiger partial charge is 0.417 e. The van der Waals surface area contributed by atoms with Gasteiger partial charge in [0.05, 0.1) is 18.2 Å². The van der Waals surface area contributed by atoms with Crippen molar-refractivity contribution in [3.05, 3.63) is 27.4 Å². The maximum Gasteiger partial charge on any atom is 0.417 e. The number of carbonyl (C=O) groups excluding carboxylic acids is 3. The van der Waals surface area contributed by atoms with E-state index in [0.29, 0.717) is 18.7 Å². The van der Waals surface area contributed by atoms with Crippen LogP contribution in [0.2, 0.25) is 0 Å². The molecule has 1 fully saturated rings. The van der Waals surface area contributed by atoms with Crippen molar-refractivity contribution >= 4 is 41.2 Å². The first-order chi connectivity index (χ1) is 15.9. The van der Waals surface area contributed by atoms with Gasteiger partial charge in [-0.15, -0.1) is 0 Å². The summed E-state index contributed by atoms with van der Waals surface area (Å²) in [5, 5.41) is 0. The van der Waals surface area contributed by atoms with E-state index in [2.05, 4.69) is 4.98 Å². The molecule has 1 N–H and O–H groups in total. The first kappa shape index (κ1) is 25.6. The Kier molecular flexibility index (Phi) is 7.61. The SMILES string of the molecule is CC(C)OCCn1c(=S)[nH]c(=O)c2c1ccn2COC(=O)[C@@H]1CCC(=O)N1C(=O)OC(C)(C)C. The minimum absolute atomic E-state index is 0.0329.